The van der Waals surface area contributed by atoms with E-state index in [0.29, 0.717) is 6.54 Å². The molecule has 0 heterocycles. The first-order valence-electron chi connectivity index (χ1n) is 4.55. The molecule has 0 bridgehead atoms. The molecule has 4 heteroatoms. The lowest BCUT2D eigenvalue weighted by Crippen LogP contribution is -2.28. The van der Waals surface area contributed by atoms with Gasteiger partial charge in [0.25, 0.3) is 0 Å². The zero-order chi connectivity index (χ0) is 11.3. The van der Waals surface area contributed by atoms with Crippen LogP contribution in [0.4, 0.5) is 10.5 Å². The first-order chi connectivity index (χ1) is 7.13. The molecule has 0 aliphatic heterocycles. The van der Waals surface area contributed by atoms with E-state index in [1.807, 2.05) is 25.1 Å². The van der Waals surface area contributed by atoms with Gasteiger partial charge in [-0.05, 0) is 47.2 Å². The molecule has 2 N–H and O–H groups in total. The highest BCUT2D eigenvalue weighted by molar-refractivity contribution is 14.1. The van der Waals surface area contributed by atoms with Crippen LogP contribution >= 0.6 is 22.6 Å². The highest BCUT2D eigenvalue weighted by Crippen LogP contribution is 2.17. The van der Waals surface area contributed by atoms with Crippen molar-refractivity contribution >= 4 is 34.3 Å². The number of urea groups is 1. The normalized spacial score (nSPS) is 9.47. The van der Waals surface area contributed by atoms with Gasteiger partial charge in [-0.2, -0.15) is 0 Å². The van der Waals surface area contributed by atoms with Gasteiger partial charge in [-0.15, -0.1) is 6.58 Å². The van der Waals surface area contributed by atoms with Crippen molar-refractivity contribution in [1.82, 2.24) is 5.32 Å². The van der Waals surface area contributed by atoms with E-state index in [1.165, 1.54) is 0 Å². The molecule has 0 aliphatic carbocycles. The molecular weight excluding hydrogens is 303 g/mol. The standard InChI is InChI=1S/C11H13IN2O/c1-3-6-13-11(15)14-10-7-9(12)5-4-8(10)2/h3-5,7H,1,6H2,2H3,(H2,13,14,15). The molecule has 0 saturated carbocycles. The summed E-state index contributed by atoms with van der Waals surface area (Å²) in [4.78, 5) is 11.4. The van der Waals surface area contributed by atoms with Gasteiger partial charge in [-0.25, -0.2) is 4.79 Å². The predicted octanol–water partition coefficient (Wildman–Crippen LogP) is 2.91. The Balaban J connectivity index is 2.67. The molecule has 0 radical (unpaired) electrons. The highest BCUT2D eigenvalue weighted by atomic mass is 127. The predicted molar refractivity (Wildman–Crippen MR) is 71.1 cm³/mol. The zero-order valence-corrected chi connectivity index (χ0v) is 10.7. The molecule has 1 aromatic rings. The average Bonchev–Trinajstić information content (AvgIpc) is 2.20. The molecular formula is C11H13IN2O. The summed E-state index contributed by atoms with van der Waals surface area (Å²) in [5.41, 5.74) is 1.88. The van der Waals surface area contributed by atoms with Crippen LogP contribution in [0.3, 0.4) is 0 Å². The number of benzene rings is 1. The first kappa shape index (κ1) is 12.0. The van der Waals surface area contributed by atoms with Crippen molar-refractivity contribution in [3.05, 3.63) is 40.0 Å². The van der Waals surface area contributed by atoms with Gasteiger partial charge in [-0.1, -0.05) is 12.1 Å². The second kappa shape index (κ2) is 5.75. The van der Waals surface area contributed by atoms with Gasteiger partial charge in [0.05, 0.1) is 0 Å². The largest absolute Gasteiger partial charge is 0.334 e. The molecule has 0 saturated heterocycles. The maximum Gasteiger partial charge on any atom is 0.319 e. The molecule has 3 nitrogen and oxygen atoms in total. The van der Waals surface area contributed by atoms with Gasteiger partial charge < -0.3 is 10.6 Å². The second-order valence-electron chi connectivity index (χ2n) is 3.08. The third kappa shape index (κ3) is 3.91. The average molecular weight is 316 g/mol. The molecule has 0 aliphatic rings. The lowest BCUT2D eigenvalue weighted by Gasteiger charge is -2.09. The van der Waals surface area contributed by atoms with Crippen molar-refractivity contribution < 1.29 is 4.79 Å². The first-order valence-corrected chi connectivity index (χ1v) is 5.63. The van der Waals surface area contributed by atoms with E-state index in [-0.39, 0.29) is 6.03 Å². The monoisotopic (exact) mass is 316 g/mol. The van der Waals surface area contributed by atoms with E-state index in [2.05, 4.69) is 39.8 Å². The Kier molecular flexibility index (Phi) is 4.61. The summed E-state index contributed by atoms with van der Waals surface area (Å²) in [7, 11) is 0. The SMILES string of the molecule is C=CCNC(=O)Nc1cc(I)ccc1C. The molecule has 1 rings (SSSR count). The van der Waals surface area contributed by atoms with Crippen LogP contribution in [0.25, 0.3) is 0 Å². The van der Waals surface area contributed by atoms with Crippen LogP contribution in [0.1, 0.15) is 5.56 Å². The van der Waals surface area contributed by atoms with Crippen LogP contribution in [-0.2, 0) is 0 Å². The summed E-state index contributed by atoms with van der Waals surface area (Å²) >= 11 is 2.21. The summed E-state index contributed by atoms with van der Waals surface area (Å²) in [5.74, 6) is 0. The van der Waals surface area contributed by atoms with Crippen LogP contribution in [0.15, 0.2) is 30.9 Å². The molecule has 0 atom stereocenters. The van der Waals surface area contributed by atoms with Crippen molar-refractivity contribution in [3.63, 3.8) is 0 Å². The van der Waals surface area contributed by atoms with Crippen molar-refractivity contribution in [2.75, 3.05) is 11.9 Å². The third-order valence-corrected chi connectivity index (χ3v) is 2.53. The Morgan fingerprint density at radius 3 is 3.00 bits per heavy atom. The van der Waals surface area contributed by atoms with Crippen LogP contribution in [-0.4, -0.2) is 12.6 Å². The minimum absolute atomic E-state index is 0.208. The minimum Gasteiger partial charge on any atom is -0.334 e. The Hall–Kier alpha value is -1.04. The number of hydrogen-bond acceptors (Lipinski definition) is 1. The van der Waals surface area contributed by atoms with Crippen molar-refractivity contribution in [2.24, 2.45) is 0 Å². The Bertz CT molecular complexity index is 377. The summed E-state index contributed by atoms with van der Waals surface area (Å²) < 4.78 is 1.09. The van der Waals surface area contributed by atoms with E-state index < -0.39 is 0 Å². The molecule has 0 aromatic heterocycles. The lowest BCUT2D eigenvalue weighted by molar-refractivity contribution is 0.253. The maximum atomic E-state index is 11.4. The quantitative estimate of drug-likeness (QED) is 0.653. The van der Waals surface area contributed by atoms with Crippen molar-refractivity contribution in [3.8, 4) is 0 Å². The van der Waals surface area contributed by atoms with Gasteiger partial charge in [0, 0.05) is 15.8 Å². The lowest BCUT2D eigenvalue weighted by atomic mass is 10.2. The van der Waals surface area contributed by atoms with Crippen LogP contribution in [0, 0.1) is 10.5 Å². The van der Waals surface area contributed by atoms with Gasteiger partial charge in [0.2, 0.25) is 0 Å². The number of rotatable bonds is 3. The molecule has 80 valence electrons. The minimum atomic E-state index is -0.208. The maximum absolute atomic E-state index is 11.4. The number of carbonyl (C=O) groups is 1. The number of carbonyl (C=O) groups excluding carboxylic acids is 1. The summed E-state index contributed by atoms with van der Waals surface area (Å²) in [6.45, 7) is 5.95. The Morgan fingerprint density at radius 1 is 1.60 bits per heavy atom. The Labute approximate surface area is 103 Å². The fourth-order valence-corrected chi connectivity index (χ4v) is 1.55. The molecule has 0 fully saturated rings. The fraction of sp³-hybridized carbons (Fsp3) is 0.182. The van der Waals surface area contributed by atoms with E-state index in [1.54, 1.807) is 6.08 Å². The van der Waals surface area contributed by atoms with Crippen LogP contribution in [0.2, 0.25) is 0 Å². The number of halogens is 1. The van der Waals surface area contributed by atoms with Gasteiger partial charge in [-0.3, -0.25) is 0 Å². The van der Waals surface area contributed by atoms with E-state index in [0.717, 1.165) is 14.8 Å². The van der Waals surface area contributed by atoms with Gasteiger partial charge in [0.15, 0.2) is 0 Å². The van der Waals surface area contributed by atoms with E-state index in [4.69, 9.17) is 0 Å². The highest BCUT2D eigenvalue weighted by Gasteiger charge is 2.03. The summed E-state index contributed by atoms with van der Waals surface area (Å²) in [5, 5.41) is 5.44. The topological polar surface area (TPSA) is 41.1 Å². The van der Waals surface area contributed by atoms with Crippen molar-refractivity contribution in [1.29, 1.82) is 0 Å². The second-order valence-corrected chi connectivity index (χ2v) is 4.33. The van der Waals surface area contributed by atoms with E-state index in [9.17, 15) is 4.79 Å². The molecule has 15 heavy (non-hydrogen) atoms. The Morgan fingerprint density at radius 2 is 2.33 bits per heavy atom. The molecule has 0 unspecified atom stereocenters. The smallest absolute Gasteiger partial charge is 0.319 e. The molecule has 0 spiro atoms. The summed E-state index contributed by atoms with van der Waals surface area (Å²) in [6.07, 6.45) is 1.64. The van der Waals surface area contributed by atoms with Crippen molar-refractivity contribution in [2.45, 2.75) is 6.92 Å². The molecule has 1 aromatic carbocycles. The van der Waals surface area contributed by atoms with E-state index >= 15 is 0 Å². The van der Waals surface area contributed by atoms with Gasteiger partial charge in [0.1, 0.15) is 0 Å². The summed E-state index contributed by atoms with van der Waals surface area (Å²) in [6, 6.07) is 5.71. The number of amides is 2. The molecule has 2 amide bonds. The zero-order valence-electron chi connectivity index (χ0n) is 8.51. The van der Waals surface area contributed by atoms with Crippen LogP contribution < -0.4 is 10.6 Å². The number of anilines is 1. The van der Waals surface area contributed by atoms with Gasteiger partial charge >= 0.3 is 6.03 Å². The number of aryl methyl sites for hydroxylation is 1. The third-order valence-electron chi connectivity index (χ3n) is 1.85. The van der Waals surface area contributed by atoms with Crippen LogP contribution in [0.5, 0.6) is 0 Å². The fourth-order valence-electron chi connectivity index (χ4n) is 1.06. The number of hydrogen-bond donors (Lipinski definition) is 2. The number of nitrogens with one attached hydrogen (secondary N) is 2.